The standard InChI is InChI=1S/C13H17BN2O3S/c1-2-7-16-12-5-3-10(9-15-20(14,18)19)8-11(12)4-6-13(16)17/h3-6,8,15H,2,7,9,14H2,1H3. The van der Waals surface area contributed by atoms with Gasteiger partial charge in [-0.2, -0.15) is 0 Å². The molecule has 0 aliphatic carbocycles. The summed E-state index contributed by atoms with van der Waals surface area (Å²) in [5.74, 6) is 0. The summed E-state index contributed by atoms with van der Waals surface area (Å²) in [6.07, 6.45) is 0.885. The second-order valence-electron chi connectivity index (χ2n) is 4.81. The molecule has 2 rings (SSSR count). The van der Waals surface area contributed by atoms with Crippen LogP contribution in [0.25, 0.3) is 10.9 Å². The summed E-state index contributed by atoms with van der Waals surface area (Å²) in [5.41, 5.74) is 1.73. The molecule has 2 aromatic rings. The van der Waals surface area contributed by atoms with E-state index in [1.54, 1.807) is 16.7 Å². The van der Waals surface area contributed by atoms with E-state index in [9.17, 15) is 13.2 Å². The fraction of sp³-hybridized carbons (Fsp3) is 0.308. The van der Waals surface area contributed by atoms with Crippen LogP contribution in [0.1, 0.15) is 18.9 Å². The number of hydrogen-bond acceptors (Lipinski definition) is 3. The van der Waals surface area contributed by atoms with E-state index in [0.29, 0.717) is 6.54 Å². The van der Waals surface area contributed by atoms with Crippen molar-refractivity contribution in [2.75, 3.05) is 0 Å². The highest BCUT2D eigenvalue weighted by Gasteiger charge is 2.05. The lowest BCUT2D eigenvalue weighted by Crippen LogP contribution is -2.22. The smallest absolute Gasteiger partial charge is 0.275 e. The molecule has 1 aromatic heterocycles. The number of nitrogens with one attached hydrogen (secondary N) is 1. The lowest BCUT2D eigenvalue weighted by atomic mass is 10.1. The second-order valence-corrected chi connectivity index (χ2v) is 6.64. The van der Waals surface area contributed by atoms with Gasteiger partial charge in [-0.25, -0.2) is 13.1 Å². The van der Waals surface area contributed by atoms with Crippen molar-refractivity contribution in [3.8, 4) is 0 Å². The van der Waals surface area contributed by atoms with Gasteiger partial charge >= 0.3 is 0 Å². The molecule has 0 amide bonds. The minimum atomic E-state index is -3.20. The van der Waals surface area contributed by atoms with E-state index >= 15 is 0 Å². The van der Waals surface area contributed by atoms with Crippen LogP contribution in [0.5, 0.6) is 0 Å². The number of aryl methyl sites for hydroxylation is 1. The third-order valence-corrected chi connectivity index (χ3v) is 3.71. The molecule has 0 atom stereocenters. The molecule has 0 unspecified atom stereocenters. The Hall–Kier alpha value is -1.60. The van der Waals surface area contributed by atoms with Crippen molar-refractivity contribution in [2.24, 2.45) is 0 Å². The van der Waals surface area contributed by atoms with Gasteiger partial charge in [0.2, 0.25) is 0 Å². The quantitative estimate of drug-likeness (QED) is 0.810. The van der Waals surface area contributed by atoms with Crippen LogP contribution in [0.3, 0.4) is 0 Å². The summed E-state index contributed by atoms with van der Waals surface area (Å²) in [5, 5.41) is 0.936. The monoisotopic (exact) mass is 292 g/mol. The van der Waals surface area contributed by atoms with Gasteiger partial charge in [-0.3, -0.25) is 4.79 Å². The Morgan fingerprint density at radius 2 is 2.00 bits per heavy atom. The van der Waals surface area contributed by atoms with Crippen molar-refractivity contribution in [1.82, 2.24) is 9.29 Å². The second kappa shape index (κ2) is 5.81. The minimum absolute atomic E-state index is 0.0126. The van der Waals surface area contributed by atoms with Crippen LogP contribution < -0.4 is 10.3 Å². The number of rotatable bonds is 5. The van der Waals surface area contributed by atoms with Gasteiger partial charge in [0, 0.05) is 19.2 Å². The zero-order valence-electron chi connectivity index (χ0n) is 11.6. The van der Waals surface area contributed by atoms with Crippen molar-refractivity contribution < 1.29 is 8.42 Å². The number of benzene rings is 1. The molecule has 0 spiro atoms. The Morgan fingerprint density at radius 3 is 2.65 bits per heavy atom. The average Bonchev–Trinajstić information content (AvgIpc) is 2.39. The van der Waals surface area contributed by atoms with E-state index in [1.165, 1.54) is 0 Å². The molecule has 0 fully saturated rings. The van der Waals surface area contributed by atoms with Crippen LogP contribution >= 0.6 is 0 Å². The summed E-state index contributed by atoms with van der Waals surface area (Å²) in [4.78, 5) is 11.8. The first-order valence-corrected chi connectivity index (χ1v) is 8.37. The van der Waals surface area contributed by atoms with Gasteiger partial charge in [0.15, 0.2) is 9.87 Å². The third-order valence-electron chi connectivity index (χ3n) is 3.04. The topological polar surface area (TPSA) is 68.2 Å². The van der Waals surface area contributed by atoms with Gasteiger partial charge < -0.3 is 4.57 Å². The normalized spacial score (nSPS) is 11.8. The van der Waals surface area contributed by atoms with Gasteiger partial charge in [0.05, 0.1) is 5.52 Å². The van der Waals surface area contributed by atoms with Crippen LogP contribution in [0, 0.1) is 0 Å². The number of nitrogens with zero attached hydrogens (tertiary/aromatic N) is 1. The number of hydrogen-bond donors (Lipinski definition) is 1. The summed E-state index contributed by atoms with van der Waals surface area (Å²) in [6.45, 7) is 2.95. The predicted octanol–water partition coefficient (Wildman–Crippen LogP) is 0.379. The Labute approximate surface area is 119 Å². The van der Waals surface area contributed by atoms with E-state index in [4.69, 9.17) is 0 Å². The summed E-state index contributed by atoms with van der Waals surface area (Å²) < 4.78 is 26.4. The molecule has 5 nitrogen and oxygen atoms in total. The molecule has 1 heterocycles. The van der Waals surface area contributed by atoms with Crippen LogP contribution in [-0.2, 0) is 23.0 Å². The van der Waals surface area contributed by atoms with E-state index in [0.717, 1.165) is 30.0 Å². The van der Waals surface area contributed by atoms with Crippen molar-refractivity contribution in [2.45, 2.75) is 26.4 Å². The first kappa shape index (κ1) is 14.8. The van der Waals surface area contributed by atoms with Crippen molar-refractivity contribution in [1.29, 1.82) is 0 Å². The molecule has 1 aromatic carbocycles. The van der Waals surface area contributed by atoms with Gasteiger partial charge in [0.25, 0.3) is 12.7 Å². The fourth-order valence-electron chi connectivity index (χ4n) is 2.13. The van der Waals surface area contributed by atoms with Crippen molar-refractivity contribution in [3.63, 3.8) is 0 Å². The summed E-state index contributed by atoms with van der Waals surface area (Å²) in [7, 11) is -2.07. The zero-order chi connectivity index (χ0) is 14.8. The molecule has 20 heavy (non-hydrogen) atoms. The van der Waals surface area contributed by atoms with Crippen LogP contribution in [0.2, 0.25) is 0 Å². The van der Waals surface area contributed by atoms with Crippen LogP contribution in [0.4, 0.5) is 0 Å². The molecule has 0 saturated heterocycles. The molecule has 0 aliphatic heterocycles. The molecule has 0 aliphatic rings. The van der Waals surface area contributed by atoms with Crippen molar-refractivity contribution in [3.05, 3.63) is 46.2 Å². The van der Waals surface area contributed by atoms with Gasteiger partial charge in [-0.1, -0.05) is 13.0 Å². The first-order chi connectivity index (χ1) is 9.40. The first-order valence-electron chi connectivity index (χ1n) is 6.48. The summed E-state index contributed by atoms with van der Waals surface area (Å²) in [6, 6.07) is 8.93. The Balaban J connectivity index is 2.40. The lowest BCUT2D eigenvalue weighted by Gasteiger charge is -2.10. The van der Waals surface area contributed by atoms with Crippen LogP contribution in [-0.4, -0.2) is 20.1 Å². The molecule has 0 radical (unpaired) electrons. The van der Waals surface area contributed by atoms with Gasteiger partial charge in [-0.15, -0.1) is 0 Å². The maximum Gasteiger partial charge on any atom is 0.275 e. The van der Waals surface area contributed by atoms with E-state index in [2.05, 4.69) is 4.72 Å². The Morgan fingerprint density at radius 1 is 1.25 bits per heavy atom. The van der Waals surface area contributed by atoms with Gasteiger partial charge in [-0.05, 0) is 35.6 Å². The highest BCUT2D eigenvalue weighted by atomic mass is 32.2. The Kier molecular flexibility index (Phi) is 4.30. The van der Waals surface area contributed by atoms with E-state index in [-0.39, 0.29) is 12.1 Å². The van der Waals surface area contributed by atoms with Crippen LogP contribution in [0.15, 0.2) is 35.1 Å². The molecular formula is C13H17BN2O3S. The maximum atomic E-state index is 11.8. The van der Waals surface area contributed by atoms with E-state index in [1.807, 2.05) is 25.1 Å². The lowest BCUT2D eigenvalue weighted by molar-refractivity contribution is 0.596. The Bertz CT molecular complexity index is 784. The van der Waals surface area contributed by atoms with Crippen molar-refractivity contribution >= 4 is 27.9 Å². The largest absolute Gasteiger partial charge is 0.308 e. The highest BCUT2D eigenvalue weighted by Crippen LogP contribution is 2.15. The highest BCUT2D eigenvalue weighted by molar-refractivity contribution is 8.10. The number of fused-ring (bicyclic) bond motifs is 1. The van der Waals surface area contributed by atoms with Gasteiger partial charge in [0.1, 0.15) is 0 Å². The zero-order valence-corrected chi connectivity index (χ0v) is 12.4. The minimum Gasteiger partial charge on any atom is -0.308 e. The predicted molar refractivity (Wildman–Crippen MR) is 82.8 cm³/mol. The average molecular weight is 292 g/mol. The molecule has 0 bridgehead atoms. The number of aromatic nitrogens is 1. The third kappa shape index (κ3) is 3.49. The summed E-state index contributed by atoms with van der Waals surface area (Å²) >= 11 is 0. The fourth-order valence-corrected chi connectivity index (χ4v) is 2.56. The molecule has 7 heteroatoms. The molecular weight excluding hydrogens is 275 g/mol. The SMILES string of the molecule is BS(=O)(=O)NCc1ccc2c(ccc(=O)n2CCC)c1. The number of pyridine rings is 1. The molecule has 106 valence electrons. The van der Waals surface area contributed by atoms with E-state index < -0.39 is 9.87 Å². The maximum absolute atomic E-state index is 11.8. The molecule has 1 N–H and O–H groups in total. The molecule has 0 saturated carbocycles.